The molecule has 2 aromatic heterocycles. The molecule has 0 bridgehead atoms. The van der Waals surface area contributed by atoms with E-state index in [9.17, 15) is 4.79 Å². The standard InChI is InChI=1S/C12H18N6O/c1-12(2,3)11-16-9(17-18-11)10(19)15-5-4-8-13-6-7-14-8/h6-7H,4-5H2,1-3H3,(H,13,14)(H,15,19)(H,16,17,18). The molecule has 0 radical (unpaired) electrons. The fraction of sp³-hybridized carbons (Fsp3) is 0.500. The number of aromatic nitrogens is 5. The third kappa shape index (κ3) is 3.40. The summed E-state index contributed by atoms with van der Waals surface area (Å²) in [5, 5.41) is 9.47. The van der Waals surface area contributed by atoms with Crippen molar-refractivity contribution in [2.24, 2.45) is 0 Å². The molecule has 0 atom stereocenters. The topological polar surface area (TPSA) is 99.3 Å². The fourth-order valence-corrected chi connectivity index (χ4v) is 1.51. The Labute approximate surface area is 111 Å². The first-order valence-electron chi connectivity index (χ1n) is 6.16. The molecule has 3 N–H and O–H groups in total. The number of nitrogens with zero attached hydrogens (tertiary/aromatic N) is 3. The Morgan fingerprint density at radius 2 is 2.21 bits per heavy atom. The van der Waals surface area contributed by atoms with Crippen LogP contribution in [0.15, 0.2) is 12.4 Å². The van der Waals surface area contributed by atoms with Crippen molar-refractivity contribution >= 4 is 5.91 Å². The van der Waals surface area contributed by atoms with Crippen molar-refractivity contribution in [2.45, 2.75) is 32.6 Å². The van der Waals surface area contributed by atoms with Crippen LogP contribution in [0.2, 0.25) is 0 Å². The van der Waals surface area contributed by atoms with E-state index in [2.05, 4.69) is 30.5 Å². The van der Waals surface area contributed by atoms with E-state index in [0.29, 0.717) is 18.8 Å². The number of amides is 1. The van der Waals surface area contributed by atoms with Crippen LogP contribution in [0, 0.1) is 0 Å². The first kappa shape index (κ1) is 13.3. The lowest BCUT2D eigenvalue weighted by atomic mass is 9.96. The third-order valence-corrected chi connectivity index (χ3v) is 2.60. The number of nitrogens with one attached hydrogen (secondary N) is 3. The van der Waals surface area contributed by atoms with Gasteiger partial charge in [-0.3, -0.25) is 9.89 Å². The predicted molar refractivity (Wildman–Crippen MR) is 69.7 cm³/mol. The van der Waals surface area contributed by atoms with Crippen molar-refractivity contribution in [3.63, 3.8) is 0 Å². The van der Waals surface area contributed by atoms with Crippen LogP contribution in [-0.4, -0.2) is 37.6 Å². The summed E-state index contributed by atoms with van der Waals surface area (Å²) in [5.41, 5.74) is -0.153. The summed E-state index contributed by atoms with van der Waals surface area (Å²) in [4.78, 5) is 23.1. The zero-order valence-corrected chi connectivity index (χ0v) is 11.3. The van der Waals surface area contributed by atoms with Gasteiger partial charge in [-0.1, -0.05) is 20.8 Å². The van der Waals surface area contributed by atoms with E-state index < -0.39 is 0 Å². The molecule has 102 valence electrons. The van der Waals surface area contributed by atoms with Gasteiger partial charge in [-0.15, -0.1) is 5.10 Å². The molecule has 0 fully saturated rings. The van der Waals surface area contributed by atoms with Crippen LogP contribution in [0.4, 0.5) is 0 Å². The van der Waals surface area contributed by atoms with Crippen LogP contribution in [0.1, 0.15) is 43.0 Å². The third-order valence-electron chi connectivity index (χ3n) is 2.60. The number of hydrogen-bond acceptors (Lipinski definition) is 4. The van der Waals surface area contributed by atoms with Crippen LogP contribution in [0.3, 0.4) is 0 Å². The van der Waals surface area contributed by atoms with Gasteiger partial charge in [0.1, 0.15) is 11.6 Å². The Morgan fingerprint density at radius 3 is 2.79 bits per heavy atom. The molecule has 0 aliphatic heterocycles. The number of rotatable bonds is 4. The highest BCUT2D eigenvalue weighted by Crippen LogP contribution is 2.17. The van der Waals surface area contributed by atoms with E-state index in [1.54, 1.807) is 12.4 Å². The lowest BCUT2D eigenvalue weighted by molar-refractivity contribution is 0.0944. The molecule has 7 heteroatoms. The number of carbonyl (C=O) groups excluding carboxylic acids is 1. The smallest absolute Gasteiger partial charge is 0.290 e. The number of hydrogen-bond donors (Lipinski definition) is 3. The van der Waals surface area contributed by atoms with E-state index in [-0.39, 0.29) is 17.1 Å². The van der Waals surface area contributed by atoms with Crippen LogP contribution in [0.25, 0.3) is 0 Å². The van der Waals surface area contributed by atoms with Crippen molar-refractivity contribution in [3.8, 4) is 0 Å². The summed E-state index contributed by atoms with van der Waals surface area (Å²) in [5.74, 6) is 1.43. The van der Waals surface area contributed by atoms with Gasteiger partial charge in [0.05, 0.1) is 0 Å². The average molecular weight is 262 g/mol. The van der Waals surface area contributed by atoms with E-state index in [4.69, 9.17) is 0 Å². The lowest BCUT2D eigenvalue weighted by Crippen LogP contribution is -2.27. The highest BCUT2D eigenvalue weighted by molar-refractivity contribution is 5.90. The largest absolute Gasteiger partial charge is 0.349 e. The van der Waals surface area contributed by atoms with Gasteiger partial charge in [-0.25, -0.2) is 9.97 Å². The summed E-state index contributed by atoms with van der Waals surface area (Å²) in [6.07, 6.45) is 4.08. The van der Waals surface area contributed by atoms with Gasteiger partial charge in [0, 0.05) is 30.8 Å². The Morgan fingerprint density at radius 1 is 1.42 bits per heavy atom. The van der Waals surface area contributed by atoms with Crippen LogP contribution in [-0.2, 0) is 11.8 Å². The molecule has 2 rings (SSSR count). The molecule has 0 aromatic carbocycles. The normalized spacial score (nSPS) is 11.5. The van der Waals surface area contributed by atoms with Gasteiger partial charge in [-0.05, 0) is 0 Å². The van der Waals surface area contributed by atoms with Gasteiger partial charge in [0.15, 0.2) is 0 Å². The monoisotopic (exact) mass is 262 g/mol. The Bertz CT molecular complexity index is 537. The molecular formula is C12H18N6O. The SMILES string of the molecule is CC(C)(C)c1nc(C(=O)NCCc2ncc[nH]2)n[nH]1. The summed E-state index contributed by atoms with van der Waals surface area (Å²) in [7, 11) is 0. The highest BCUT2D eigenvalue weighted by Gasteiger charge is 2.20. The van der Waals surface area contributed by atoms with Gasteiger partial charge >= 0.3 is 0 Å². The summed E-state index contributed by atoms with van der Waals surface area (Å²) in [6, 6.07) is 0. The predicted octanol–water partition coefficient (Wildman–Crippen LogP) is 0.798. The minimum Gasteiger partial charge on any atom is -0.349 e. The molecular weight excluding hydrogens is 244 g/mol. The van der Waals surface area contributed by atoms with Crippen molar-refractivity contribution in [1.29, 1.82) is 0 Å². The first-order chi connectivity index (χ1) is 8.97. The number of aromatic amines is 2. The first-order valence-corrected chi connectivity index (χ1v) is 6.16. The maximum absolute atomic E-state index is 11.8. The van der Waals surface area contributed by atoms with E-state index in [0.717, 1.165) is 5.82 Å². The fourth-order valence-electron chi connectivity index (χ4n) is 1.51. The molecule has 2 aromatic rings. The van der Waals surface area contributed by atoms with Crippen LogP contribution in [0.5, 0.6) is 0 Å². The molecule has 1 amide bonds. The molecule has 0 aliphatic rings. The molecule has 0 saturated carbocycles. The summed E-state index contributed by atoms with van der Waals surface area (Å²) < 4.78 is 0. The quantitative estimate of drug-likeness (QED) is 0.758. The Balaban J connectivity index is 1.88. The summed E-state index contributed by atoms with van der Waals surface area (Å²) in [6.45, 7) is 6.51. The highest BCUT2D eigenvalue weighted by atomic mass is 16.2. The molecule has 19 heavy (non-hydrogen) atoms. The zero-order valence-electron chi connectivity index (χ0n) is 11.3. The zero-order chi connectivity index (χ0) is 13.9. The second-order valence-corrected chi connectivity index (χ2v) is 5.30. The van der Waals surface area contributed by atoms with Gasteiger partial charge < -0.3 is 10.3 Å². The van der Waals surface area contributed by atoms with Crippen LogP contribution < -0.4 is 5.32 Å². The summed E-state index contributed by atoms with van der Waals surface area (Å²) >= 11 is 0. The van der Waals surface area contributed by atoms with Crippen molar-refractivity contribution < 1.29 is 4.79 Å². The maximum Gasteiger partial charge on any atom is 0.290 e. The van der Waals surface area contributed by atoms with Gasteiger partial charge in [0.25, 0.3) is 5.91 Å². The number of H-pyrrole nitrogens is 2. The van der Waals surface area contributed by atoms with E-state index >= 15 is 0 Å². The van der Waals surface area contributed by atoms with Crippen molar-refractivity contribution in [1.82, 2.24) is 30.5 Å². The number of carbonyl (C=O) groups is 1. The number of imidazole rings is 1. The Hall–Kier alpha value is -2.18. The van der Waals surface area contributed by atoms with Crippen molar-refractivity contribution in [3.05, 3.63) is 29.9 Å². The van der Waals surface area contributed by atoms with E-state index in [1.807, 2.05) is 20.8 Å². The molecule has 0 spiro atoms. The van der Waals surface area contributed by atoms with Gasteiger partial charge in [0.2, 0.25) is 5.82 Å². The van der Waals surface area contributed by atoms with Crippen molar-refractivity contribution in [2.75, 3.05) is 6.54 Å². The molecule has 2 heterocycles. The molecule has 0 unspecified atom stereocenters. The maximum atomic E-state index is 11.8. The lowest BCUT2D eigenvalue weighted by Gasteiger charge is -2.12. The minimum atomic E-state index is -0.279. The average Bonchev–Trinajstić information content (AvgIpc) is 2.99. The second kappa shape index (κ2) is 5.21. The molecule has 7 nitrogen and oxygen atoms in total. The minimum absolute atomic E-state index is 0.153. The molecule has 0 aliphatic carbocycles. The van der Waals surface area contributed by atoms with Crippen LogP contribution >= 0.6 is 0 Å². The van der Waals surface area contributed by atoms with Gasteiger partial charge in [-0.2, -0.15) is 0 Å². The molecule has 0 saturated heterocycles. The Kier molecular flexibility index (Phi) is 3.64. The van der Waals surface area contributed by atoms with E-state index in [1.165, 1.54) is 0 Å². The second-order valence-electron chi connectivity index (χ2n) is 5.30.